The van der Waals surface area contributed by atoms with Crippen LogP contribution >= 0.6 is 0 Å². The second kappa shape index (κ2) is 7.00. The van der Waals surface area contributed by atoms with Gasteiger partial charge >= 0.3 is 5.97 Å². The third-order valence-corrected chi connectivity index (χ3v) is 3.42. The number of carbonyl (C=O) groups is 2. The zero-order valence-corrected chi connectivity index (χ0v) is 13.2. The number of ether oxygens (including phenoxy) is 2. The minimum absolute atomic E-state index is 0.175. The molecule has 0 saturated heterocycles. The highest BCUT2D eigenvalue weighted by Crippen LogP contribution is 2.20. The van der Waals surface area contributed by atoms with Crippen molar-refractivity contribution in [1.29, 1.82) is 0 Å². The summed E-state index contributed by atoms with van der Waals surface area (Å²) < 4.78 is 15.9. The molecule has 0 atom stereocenters. The Morgan fingerprint density at radius 2 is 1.88 bits per heavy atom. The van der Waals surface area contributed by atoms with Crippen LogP contribution in [0.4, 0.5) is 0 Å². The van der Waals surface area contributed by atoms with Crippen LogP contribution in [0.3, 0.4) is 0 Å². The average Bonchev–Trinajstić information content (AvgIpc) is 3.04. The summed E-state index contributed by atoms with van der Waals surface area (Å²) in [5.41, 5.74) is 1.04. The highest BCUT2D eigenvalue weighted by Gasteiger charge is 2.14. The van der Waals surface area contributed by atoms with Crippen LogP contribution < -0.4 is 4.74 Å². The third-order valence-electron chi connectivity index (χ3n) is 3.42. The Bertz CT molecular complexity index is 845. The second-order valence-electron chi connectivity index (χ2n) is 5.11. The number of Topliss-reactive ketones (excluding diaryl/α,β-unsaturated/α-hetero) is 1. The van der Waals surface area contributed by atoms with E-state index in [1.54, 1.807) is 43.3 Å². The van der Waals surface area contributed by atoms with Crippen molar-refractivity contribution in [3.05, 3.63) is 65.9 Å². The maximum absolute atomic E-state index is 12.2. The molecule has 122 valence electrons. The van der Waals surface area contributed by atoms with Gasteiger partial charge in [0.05, 0.1) is 12.2 Å². The molecule has 0 spiro atoms. The van der Waals surface area contributed by atoms with Gasteiger partial charge < -0.3 is 13.9 Å². The number of ketones is 1. The molecule has 0 aliphatic carbocycles. The Balaban J connectivity index is 1.67. The molecule has 3 rings (SSSR count). The number of hydrogen-bond donors (Lipinski definition) is 0. The molecule has 0 aliphatic heterocycles. The van der Waals surface area contributed by atoms with E-state index in [9.17, 15) is 9.59 Å². The topological polar surface area (TPSA) is 65.7 Å². The Labute approximate surface area is 138 Å². The van der Waals surface area contributed by atoms with E-state index in [1.807, 2.05) is 18.2 Å². The highest BCUT2D eigenvalue weighted by molar-refractivity contribution is 5.98. The smallest absolute Gasteiger partial charge is 0.338 e. The molecule has 3 aromatic rings. The second-order valence-corrected chi connectivity index (χ2v) is 5.11. The predicted molar refractivity (Wildman–Crippen MR) is 88.4 cm³/mol. The summed E-state index contributed by atoms with van der Waals surface area (Å²) in [6.07, 6.45) is 0. The maximum atomic E-state index is 12.2. The number of hydrogen-bond acceptors (Lipinski definition) is 5. The predicted octanol–water partition coefficient (Wildman–Crippen LogP) is 3.87. The summed E-state index contributed by atoms with van der Waals surface area (Å²) in [7, 11) is 0. The van der Waals surface area contributed by atoms with Gasteiger partial charge in [-0.25, -0.2) is 4.79 Å². The van der Waals surface area contributed by atoms with Crippen molar-refractivity contribution in [1.82, 2.24) is 0 Å². The number of esters is 1. The Morgan fingerprint density at radius 1 is 1.04 bits per heavy atom. The van der Waals surface area contributed by atoms with Crippen molar-refractivity contribution in [3.8, 4) is 5.75 Å². The van der Waals surface area contributed by atoms with Gasteiger partial charge in [-0.1, -0.05) is 24.3 Å². The van der Waals surface area contributed by atoms with Crippen molar-refractivity contribution in [3.63, 3.8) is 0 Å². The molecular formula is C19H16O5. The normalized spacial score (nSPS) is 10.5. The molecule has 0 amide bonds. The van der Waals surface area contributed by atoms with E-state index in [0.29, 0.717) is 23.5 Å². The van der Waals surface area contributed by atoms with Crippen LogP contribution in [-0.4, -0.2) is 25.0 Å². The minimum atomic E-state index is -0.424. The van der Waals surface area contributed by atoms with E-state index in [1.165, 1.54) is 0 Å². The molecule has 2 aromatic carbocycles. The zero-order valence-electron chi connectivity index (χ0n) is 13.2. The molecule has 24 heavy (non-hydrogen) atoms. The number of furan rings is 1. The van der Waals surface area contributed by atoms with E-state index in [4.69, 9.17) is 13.9 Å². The lowest BCUT2D eigenvalue weighted by molar-refractivity contribution is 0.0526. The number of fused-ring (bicyclic) bond motifs is 1. The van der Waals surface area contributed by atoms with Crippen molar-refractivity contribution in [2.45, 2.75) is 6.92 Å². The van der Waals surface area contributed by atoms with Gasteiger partial charge in [-0.05, 0) is 37.3 Å². The van der Waals surface area contributed by atoms with Gasteiger partial charge in [0.2, 0.25) is 5.78 Å². The molecular weight excluding hydrogens is 308 g/mol. The van der Waals surface area contributed by atoms with Crippen LogP contribution in [0.5, 0.6) is 5.75 Å². The fraction of sp³-hybridized carbons (Fsp3) is 0.158. The zero-order chi connectivity index (χ0) is 16.9. The standard InChI is InChI=1S/C19H16O5/c1-2-22-19(21)14-7-5-8-15(10-14)23-12-16(20)18-11-13-6-3-4-9-17(13)24-18/h3-11H,2,12H2,1H3. The first-order valence-corrected chi connectivity index (χ1v) is 7.59. The van der Waals surface area contributed by atoms with Gasteiger partial charge in [-0.2, -0.15) is 0 Å². The lowest BCUT2D eigenvalue weighted by Crippen LogP contribution is -2.11. The van der Waals surface area contributed by atoms with E-state index in [2.05, 4.69) is 0 Å². The monoisotopic (exact) mass is 324 g/mol. The first-order valence-electron chi connectivity index (χ1n) is 7.59. The minimum Gasteiger partial charge on any atom is -0.485 e. The first kappa shape index (κ1) is 15.8. The number of rotatable bonds is 6. The summed E-state index contributed by atoms with van der Waals surface area (Å²) >= 11 is 0. The van der Waals surface area contributed by atoms with E-state index in [-0.39, 0.29) is 18.2 Å². The van der Waals surface area contributed by atoms with Crippen molar-refractivity contribution in [2.24, 2.45) is 0 Å². The lowest BCUT2D eigenvalue weighted by Gasteiger charge is -2.06. The van der Waals surface area contributed by atoms with Crippen LogP contribution in [0.2, 0.25) is 0 Å². The summed E-state index contributed by atoms with van der Waals surface area (Å²) in [6.45, 7) is 1.87. The van der Waals surface area contributed by atoms with E-state index in [0.717, 1.165) is 5.39 Å². The number of benzene rings is 2. The first-order chi connectivity index (χ1) is 11.7. The van der Waals surface area contributed by atoms with Gasteiger partial charge in [0, 0.05) is 5.39 Å². The third kappa shape index (κ3) is 3.46. The van der Waals surface area contributed by atoms with Gasteiger partial charge in [-0.3, -0.25) is 4.79 Å². The largest absolute Gasteiger partial charge is 0.485 e. The van der Waals surface area contributed by atoms with E-state index >= 15 is 0 Å². The van der Waals surface area contributed by atoms with Gasteiger partial charge in [0.15, 0.2) is 12.4 Å². The summed E-state index contributed by atoms with van der Waals surface area (Å²) in [5.74, 6) is -0.0259. The Hall–Kier alpha value is -3.08. The highest BCUT2D eigenvalue weighted by atomic mass is 16.5. The summed E-state index contributed by atoms with van der Waals surface area (Å²) in [5, 5.41) is 0.866. The molecule has 0 N–H and O–H groups in total. The molecule has 0 radical (unpaired) electrons. The van der Waals surface area contributed by atoms with Crippen LogP contribution in [0.1, 0.15) is 27.8 Å². The Morgan fingerprint density at radius 3 is 2.67 bits per heavy atom. The van der Waals surface area contributed by atoms with Gasteiger partial charge in [0.1, 0.15) is 11.3 Å². The van der Waals surface area contributed by atoms with Gasteiger partial charge in [0.25, 0.3) is 0 Å². The molecule has 0 bridgehead atoms. The van der Waals surface area contributed by atoms with Crippen molar-refractivity contribution >= 4 is 22.7 Å². The van der Waals surface area contributed by atoms with Crippen LogP contribution in [-0.2, 0) is 4.74 Å². The Kier molecular flexibility index (Phi) is 4.61. The van der Waals surface area contributed by atoms with Crippen molar-refractivity contribution in [2.75, 3.05) is 13.2 Å². The van der Waals surface area contributed by atoms with E-state index < -0.39 is 5.97 Å². The maximum Gasteiger partial charge on any atom is 0.338 e. The molecule has 5 heteroatoms. The van der Waals surface area contributed by atoms with Crippen LogP contribution in [0, 0.1) is 0 Å². The number of carbonyl (C=O) groups excluding carboxylic acids is 2. The fourth-order valence-electron chi connectivity index (χ4n) is 2.27. The van der Waals surface area contributed by atoms with Gasteiger partial charge in [-0.15, -0.1) is 0 Å². The molecule has 1 aromatic heterocycles. The quantitative estimate of drug-likeness (QED) is 0.508. The SMILES string of the molecule is CCOC(=O)c1cccc(OCC(=O)c2cc3ccccc3o2)c1. The van der Waals surface area contributed by atoms with Crippen LogP contribution in [0.15, 0.2) is 59.0 Å². The fourth-order valence-corrected chi connectivity index (χ4v) is 2.27. The summed E-state index contributed by atoms with van der Waals surface area (Å²) in [4.78, 5) is 23.9. The average molecular weight is 324 g/mol. The van der Waals surface area contributed by atoms with Crippen LogP contribution in [0.25, 0.3) is 11.0 Å². The number of para-hydroxylation sites is 1. The summed E-state index contributed by atoms with van der Waals surface area (Å²) in [6, 6.07) is 15.6. The lowest BCUT2D eigenvalue weighted by atomic mass is 10.2. The van der Waals surface area contributed by atoms with Crippen molar-refractivity contribution < 1.29 is 23.5 Å². The molecule has 0 unspecified atom stereocenters. The molecule has 0 aliphatic rings. The molecule has 0 saturated carbocycles. The molecule has 1 heterocycles. The molecule has 5 nitrogen and oxygen atoms in total. The molecule has 0 fully saturated rings.